The summed E-state index contributed by atoms with van der Waals surface area (Å²) in [5.41, 5.74) is 3.21. The van der Waals surface area contributed by atoms with Crippen molar-refractivity contribution < 1.29 is 32.2 Å². The van der Waals surface area contributed by atoms with Gasteiger partial charge in [-0.15, -0.1) is 0 Å². The second kappa shape index (κ2) is 13.8. The van der Waals surface area contributed by atoms with E-state index in [9.17, 15) is 18.0 Å². The van der Waals surface area contributed by atoms with E-state index in [0.717, 1.165) is 42.8 Å². The second-order valence-corrected chi connectivity index (χ2v) is 16.2. The van der Waals surface area contributed by atoms with Gasteiger partial charge in [-0.05, 0) is 112 Å². The van der Waals surface area contributed by atoms with Gasteiger partial charge < -0.3 is 19.1 Å². The quantitative estimate of drug-likeness (QED) is 0.316. The van der Waals surface area contributed by atoms with E-state index in [0.29, 0.717) is 31.9 Å². The molecule has 11 heteroatoms. The first kappa shape index (κ1) is 33.8. The van der Waals surface area contributed by atoms with Crippen LogP contribution in [0.1, 0.15) is 74.4 Å². The largest absolute Gasteiger partial charge is 0.490 e. The Balaban J connectivity index is 1.40. The van der Waals surface area contributed by atoms with E-state index in [1.165, 1.54) is 11.1 Å². The molecule has 0 radical (unpaired) electrons. The molecule has 2 aliphatic heterocycles. The lowest BCUT2D eigenvalue weighted by Crippen LogP contribution is -2.50. The highest BCUT2D eigenvalue weighted by atomic mass is 35.5. The van der Waals surface area contributed by atoms with Gasteiger partial charge in [-0.2, -0.15) is 0 Å². The fourth-order valence-corrected chi connectivity index (χ4v) is 9.17. The zero-order valence-corrected chi connectivity index (χ0v) is 28.9. The van der Waals surface area contributed by atoms with Crippen LogP contribution < -0.4 is 14.4 Å². The van der Waals surface area contributed by atoms with Crippen molar-refractivity contribution in [2.45, 2.75) is 76.1 Å². The van der Waals surface area contributed by atoms with E-state index in [2.05, 4.69) is 21.8 Å². The van der Waals surface area contributed by atoms with Crippen molar-refractivity contribution in [1.29, 1.82) is 0 Å². The maximum Gasteiger partial charge on any atom is 0.332 e. The molecule has 0 saturated heterocycles. The first-order chi connectivity index (χ1) is 22.5. The van der Waals surface area contributed by atoms with E-state index >= 15 is 0 Å². The number of nitrogens with zero attached hydrogens (tertiary/aromatic N) is 1. The number of ether oxygens (including phenoxy) is 3. The summed E-state index contributed by atoms with van der Waals surface area (Å²) in [6, 6.07) is 11.3. The Morgan fingerprint density at radius 2 is 2.00 bits per heavy atom. The summed E-state index contributed by atoms with van der Waals surface area (Å²) in [4.78, 5) is 28.1. The number of rotatable bonds is 4. The molecule has 0 unspecified atom stereocenters. The van der Waals surface area contributed by atoms with Crippen LogP contribution in [0.25, 0.3) is 0 Å². The topological polar surface area (TPSA) is 111 Å². The van der Waals surface area contributed by atoms with Gasteiger partial charge in [0.1, 0.15) is 12.4 Å². The van der Waals surface area contributed by atoms with E-state index in [4.69, 9.17) is 25.8 Å². The number of allylic oxidation sites excluding steroid dienone is 1. The lowest BCUT2D eigenvalue weighted by Gasteiger charge is -2.46. The zero-order chi connectivity index (χ0) is 33.3. The third kappa shape index (κ3) is 7.06. The molecule has 2 aliphatic carbocycles. The van der Waals surface area contributed by atoms with Gasteiger partial charge in [0.25, 0.3) is 5.91 Å². The first-order valence-corrected chi connectivity index (χ1v) is 18.7. The van der Waals surface area contributed by atoms with Crippen LogP contribution in [-0.2, 0) is 36.1 Å². The molecule has 6 atom stereocenters. The first-order valence-electron chi connectivity index (χ1n) is 16.8. The van der Waals surface area contributed by atoms with Crippen molar-refractivity contribution in [1.82, 2.24) is 4.72 Å². The third-order valence-corrected chi connectivity index (χ3v) is 12.9. The fraction of sp³-hybridized carbons (Fsp3) is 0.556. The van der Waals surface area contributed by atoms with Crippen molar-refractivity contribution in [3.8, 4) is 5.75 Å². The second-order valence-electron chi connectivity index (χ2n) is 13.7. The third-order valence-electron chi connectivity index (χ3n) is 10.7. The van der Waals surface area contributed by atoms with Crippen LogP contribution in [0.2, 0.25) is 5.02 Å². The van der Waals surface area contributed by atoms with Crippen molar-refractivity contribution in [2.75, 3.05) is 37.8 Å². The van der Waals surface area contributed by atoms with Gasteiger partial charge in [-0.25, -0.2) is 17.9 Å². The van der Waals surface area contributed by atoms with Crippen molar-refractivity contribution >= 4 is 39.2 Å². The summed E-state index contributed by atoms with van der Waals surface area (Å²) in [5, 5.41) is -0.100. The van der Waals surface area contributed by atoms with E-state index in [1.54, 1.807) is 32.0 Å². The van der Waals surface area contributed by atoms with Gasteiger partial charge >= 0.3 is 5.97 Å². The van der Waals surface area contributed by atoms with Crippen molar-refractivity contribution in [3.63, 3.8) is 0 Å². The number of halogens is 1. The SMILES string of the molecule is CCOC(=O)CO[C@H]1/C=C/C[C@H](C)[C@H](C)S(=O)(=O)NC(=O)c2ccc3c(c2)N(C[C@@H]2CC[C@H]21)C[C@@]1(CCCc2cc(Cl)ccc21)CO3. The van der Waals surface area contributed by atoms with Gasteiger partial charge in [0.15, 0.2) is 0 Å². The molecule has 9 nitrogen and oxygen atoms in total. The minimum absolute atomic E-state index is 0.148. The normalized spacial score (nSPS) is 30.9. The fourth-order valence-electron chi connectivity index (χ4n) is 7.69. The molecule has 1 amide bonds. The number of nitrogens with one attached hydrogen (secondary N) is 1. The maximum absolute atomic E-state index is 13.5. The summed E-state index contributed by atoms with van der Waals surface area (Å²) in [6.07, 6.45) is 8.92. The van der Waals surface area contributed by atoms with Crippen LogP contribution in [-0.4, -0.2) is 64.6 Å². The number of hydrogen-bond donors (Lipinski definition) is 1. The minimum atomic E-state index is -3.97. The summed E-state index contributed by atoms with van der Waals surface area (Å²) in [6.45, 7) is 7.21. The van der Waals surface area contributed by atoms with Gasteiger partial charge in [-0.3, -0.25) is 4.79 Å². The average Bonchev–Trinajstić information content (AvgIpc) is 3.17. The number of sulfonamides is 1. The zero-order valence-electron chi connectivity index (χ0n) is 27.4. The highest BCUT2D eigenvalue weighted by molar-refractivity contribution is 7.90. The number of carbonyl (C=O) groups is 2. The van der Waals surface area contributed by atoms with Crippen LogP contribution >= 0.6 is 11.6 Å². The predicted octanol–water partition coefficient (Wildman–Crippen LogP) is 5.83. The number of aryl methyl sites for hydroxylation is 1. The van der Waals surface area contributed by atoms with Crippen LogP contribution in [0.4, 0.5) is 5.69 Å². The number of hydrogen-bond acceptors (Lipinski definition) is 8. The molecule has 1 saturated carbocycles. The molecule has 1 spiro atoms. The Hall–Kier alpha value is -3.08. The lowest BCUT2D eigenvalue weighted by atomic mass is 9.68. The summed E-state index contributed by atoms with van der Waals surface area (Å²) in [7, 11) is -3.97. The molecule has 6 rings (SSSR count). The molecule has 1 N–H and O–H groups in total. The van der Waals surface area contributed by atoms with Crippen LogP contribution in [0.5, 0.6) is 5.75 Å². The Labute approximate surface area is 283 Å². The highest BCUT2D eigenvalue weighted by Gasteiger charge is 2.44. The predicted molar refractivity (Wildman–Crippen MR) is 182 cm³/mol. The van der Waals surface area contributed by atoms with Gasteiger partial charge in [0.2, 0.25) is 10.0 Å². The Morgan fingerprint density at radius 1 is 1.17 bits per heavy atom. The molecule has 47 heavy (non-hydrogen) atoms. The molecule has 2 aromatic carbocycles. The molecule has 254 valence electrons. The number of carbonyl (C=O) groups excluding carboxylic acids is 2. The molecule has 2 heterocycles. The molecule has 2 bridgehead atoms. The smallest absolute Gasteiger partial charge is 0.332 e. The highest BCUT2D eigenvalue weighted by Crippen LogP contribution is 2.47. The monoisotopic (exact) mass is 684 g/mol. The maximum atomic E-state index is 13.5. The van der Waals surface area contributed by atoms with Crippen LogP contribution in [0, 0.1) is 17.8 Å². The standard InChI is InChI=1S/C36H45ClN2O7S/c1-4-44-34(40)20-45-32-9-5-7-23(2)24(3)47(42,43)38-35(41)26-11-15-33-31(18-26)39(19-27-10-13-29(27)32)21-36(22-46-33)16-6-8-25-17-28(37)12-14-30(25)36/h5,9,11-12,14-15,17-18,23-24,27,29,32H,4,6-8,10,13,16,19-22H2,1-3H3,(H,38,41)/b9-5+/t23-,24-,27-,29+,32-,36-/m0/s1. The molecule has 4 aliphatic rings. The Morgan fingerprint density at radius 3 is 2.77 bits per heavy atom. The lowest BCUT2D eigenvalue weighted by molar-refractivity contribution is -0.151. The van der Waals surface area contributed by atoms with E-state index in [1.807, 2.05) is 25.1 Å². The van der Waals surface area contributed by atoms with Crippen LogP contribution in [0.15, 0.2) is 48.6 Å². The minimum Gasteiger partial charge on any atom is -0.490 e. The molecular formula is C36H45ClN2O7S. The Kier molecular flexibility index (Phi) is 9.93. The van der Waals surface area contributed by atoms with Gasteiger partial charge in [0.05, 0.1) is 30.3 Å². The average molecular weight is 685 g/mol. The van der Waals surface area contributed by atoms with E-state index < -0.39 is 27.1 Å². The number of benzene rings is 2. The number of amides is 1. The molecule has 0 aromatic heterocycles. The molecule has 1 fully saturated rings. The summed E-state index contributed by atoms with van der Waals surface area (Å²) < 4.78 is 46.9. The number of esters is 1. The Bertz CT molecular complexity index is 1650. The molecule has 2 aromatic rings. The van der Waals surface area contributed by atoms with Crippen molar-refractivity contribution in [2.24, 2.45) is 17.8 Å². The number of anilines is 1. The molecular weight excluding hydrogens is 640 g/mol. The van der Waals surface area contributed by atoms with Crippen molar-refractivity contribution in [3.05, 3.63) is 70.3 Å². The van der Waals surface area contributed by atoms with Gasteiger partial charge in [-0.1, -0.05) is 36.7 Å². The number of fused-ring (bicyclic) bond motifs is 4. The van der Waals surface area contributed by atoms with E-state index in [-0.39, 0.29) is 48.0 Å². The summed E-state index contributed by atoms with van der Waals surface area (Å²) in [5.74, 6) is -0.260. The summed E-state index contributed by atoms with van der Waals surface area (Å²) >= 11 is 6.42. The van der Waals surface area contributed by atoms with Crippen LogP contribution in [0.3, 0.4) is 0 Å². The van der Waals surface area contributed by atoms with Gasteiger partial charge in [0, 0.05) is 29.1 Å².